The summed E-state index contributed by atoms with van der Waals surface area (Å²) in [6.45, 7) is 6.03. The van der Waals surface area contributed by atoms with Crippen LogP contribution in [-0.2, 0) is 5.54 Å². The zero-order valence-corrected chi connectivity index (χ0v) is 16.0. The smallest absolute Gasteiger partial charge is 0.161 e. The van der Waals surface area contributed by atoms with E-state index in [1.165, 1.54) is 0 Å². The molecule has 27 heavy (non-hydrogen) atoms. The van der Waals surface area contributed by atoms with Gasteiger partial charge >= 0.3 is 0 Å². The van der Waals surface area contributed by atoms with Crippen LogP contribution in [0, 0.1) is 17.5 Å². The SMILES string of the molecule is CC1(O)CCC(NC(C)(C)c2ccc(-c3cc(F)c(F)cc3F)cc2)CC1. The van der Waals surface area contributed by atoms with Crippen LogP contribution in [0.2, 0.25) is 0 Å². The van der Waals surface area contributed by atoms with Gasteiger partial charge in [-0.05, 0) is 63.6 Å². The topological polar surface area (TPSA) is 32.3 Å². The maximum atomic E-state index is 14.0. The van der Waals surface area contributed by atoms with Crippen molar-refractivity contribution < 1.29 is 18.3 Å². The van der Waals surface area contributed by atoms with Gasteiger partial charge in [0.1, 0.15) is 5.82 Å². The Hall–Kier alpha value is -1.85. The Morgan fingerprint density at radius 1 is 0.963 bits per heavy atom. The van der Waals surface area contributed by atoms with E-state index in [4.69, 9.17) is 0 Å². The first kappa shape index (κ1) is 19.9. The summed E-state index contributed by atoms with van der Waals surface area (Å²) in [6, 6.07) is 8.98. The Balaban J connectivity index is 1.75. The fraction of sp³-hybridized carbons (Fsp3) is 0.455. The van der Waals surface area contributed by atoms with Gasteiger partial charge in [0, 0.05) is 23.2 Å². The highest BCUT2D eigenvalue weighted by Crippen LogP contribution is 2.32. The van der Waals surface area contributed by atoms with Crippen molar-refractivity contribution in [3.05, 3.63) is 59.4 Å². The van der Waals surface area contributed by atoms with Crippen LogP contribution in [0.1, 0.15) is 52.0 Å². The van der Waals surface area contributed by atoms with Gasteiger partial charge in [-0.15, -0.1) is 0 Å². The van der Waals surface area contributed by atoms with E-state index in [0.717, 1.165) is 37.3 Å². The third kappa shape index (κ3) is 4.53. The summed E-state index contributed by atoms with van der Waals surface area (Å²) >= 11 is 0. The molecule has 0 amide bonds. The van der Waals surface area contributed by atoms with E-state index in [1.807, 2.05) is 19.1 Å². The predicted octanol–water partition coefficient (Wildman–Crippen LogP) is 5.29. The van der Waals surface area contributed by atoms with E-state index in [2.05, 4.69) is 19.2 Å². The van der Waals surface area contributed by atoms with E-state index in [-0.39, 0.29) is 11.1 Å². The van der Waals surface area contributed by atoms with Gasteiger partial charge in [0.2, 0.25) is 0 Å². The molecule has 0 aromatic heterocycles. The van der Waals surface area contributed by atoms with Crippen molar-refractivity contribution in [3.8, 4) is 11.1 Å². The largest absolute Gasteiger partial charge is 0.390 e. The van der Waals surface area contributed by atoms with E-state index in [1.54, 1.807) is 12.1 Å². The van der Waals surface area contributed by atoms with Crippen molar-refractivity contribution in [2.45, 2.75) is 63.6 Å². The molecule has 146 valence electrons. The molecule has 2 N–H and O–H groups in total. The van der Waals surface area contributed by atoms with Crippen LogP contribution < -0.4 is 5.32 Å². The Morgan fingerprint density at radius 2 is 1.52 bits per heavy atom. The molecular formula is C22H26F3NO. The number of nitrogens with one attached hydrogen (secondary N) is 1. The number of rotatable bonds is 4. The molecule has 1 fully saturated rings. The number of hydrogen-bond acceptors (Lipinski definition) is 2. The van der Waals surface area contributed by atoms with E-state index < -0.39 is 23.1 Å². The van der Waals surface area contributed by atoms with Crippen LogP contribution in [0.5, 0.6) is 0 Å². The maximum Gasteiger partial charge on any atom is 0.161 e. The molecule has 2 nitrogen and oxygen atoms in total. The average molecular weight is 377 g/mol. The molecule has 1 aliphatic carbocycles. The standard InChI is InChI=1S/C22H26F3NO/c1-21(2,26-16-8-10-22(3,27)11-9-16)15-6-4-14(5-7-15)17-12-19(24)20(25)13-18(17)23/h4-7,12-13,16,26-27H,8-11H2,1-3H3. The van der Waals surface area contributed by atoms with Crippen LogP contribution in [0.4, 0.5) is 13.2 Å². The van der Waals surface area contributed by atoms with Crippen molar-refractivity contribution >= 4 is 0 Å². The molecule has 0 aliphatic heterocycles. The lowest BCUT2D eigenvalue weighted by atomic mass is 9.82. The van der Waals surface area contributed by atoms with Gasteiger partial charge < -0.3 is 10.4 Å². The van der Waals surface area contributed by atoms with Crippen molar-refractivity contribution in [2.24, 2.45) is 0 Å². The molecule has 0 spiro atoms. The lowest BCUT2D eigenvalue weighted by Crippen LogP contribution is -2.47. The first-order valence-corrected chi connectivity index (χ1v) is 9.33. The van der Waals surface area contributed by atoms with Crippen LogP contribution >= 0.6 is 0 Å². The van der Waals surface area contributed by atoms with Crippen LogP contribution in [0.15, 0.2) is 36.4 Å². The van der Waals surface area contributed by atoms with E-state index in [0.29, 0.717) is 17.7 Å². The highest BCUT2D eigenvalue weighted by atomic mass is 19.2. The molecule has 5 heteroatoms. The zero-order chi connectivity index (χ0) is 19.8. The minimum Gasteiger partial charge on any atom is -0.390 e. The summed E-state index contributed by atoms with van der Waals surface area (Å²) in [6.07, 6.45) is 3.37. The molecule has 2 aromatic rings. The third-order valence-corrected chi connectivity index (χ3v) is 5.56. The minimum absolute atomic E-state index is 0.0423. The van der Waals surface area contributed by atoms with Crippen molar-refractivity contribution in [1.82, 2.24) is 5.32 Å². The first-order valence-electron chi connectivity index (χ1n) is 9.33. The Labute approximate surface area is 158 Å². The first-order chi connectivity index (χ1) is 12.6. The molecule has 2 aromatic carbocycles. The van der Waals surface area contributed by atoms with Crippen molar-refractivity contribution in [2.75, 3.05) is 0 Å². The minimum atomic E-state index is -1.19. The summed E-state index contributed by atoms with van der Waals surface area (Å²) in [5, 5.41) is 13.7. The Kier molecular flexibility index (Phi) is 5.37. The fourth-order valence-electron chi connectivity index (χ4n) is 3.79. The Morgan fingerprint density at radius 3 is 2.11 bits per heavy atom. The summed E-state index contributed by atoms with van der Waals surface area (Å²) in [7, 11) is 0. The summed E-state index contributed by atoms with van der Waals surface area (Å²) in [4.78, 5) is 0. The Bertz CT molecular complexity index is 805. The van der Waals surface area contributed by atoms with Gasteiger partial charge in [-0.25, -0.2) is 13.2 Å². The van der Waals surface area contributed by atoms with Gasteiger partial charge in [0.15, 0.2) is 11.6 Å². The fourth-order valence-corrected chi connectivity index (χ4v) is 3.79. The molecule has 3 rings (SSSR count). The molecule has 0 radical (unpaired) electrons. The van der Waals surface area contributed by atoms with Gasteiger partial charge in [-0.1, -0.05) is 24.3 Å². The lowest BCUT2D eigenvalue weighted by Gasteiger charge is -2.38. The average Bonchev–Trinajstić information content (AvgIpc) is 2.60. The normalized spacial score (nSPS) is 23.4. The molecule has 1 aliphatic rings. The summed E-state index contributed by atoms with van der Waals surface area (Å²) < 4.78 is 40.6. The molecule has 0 unspecified atom stereocenters. The highest BCUT2D eigenvalue weighted by molar-refractivity contribution is 5.64. The monoisotopic (exact) mass is 377 g/mol. The lowest BCUT2D eigenvalue weighted by molar-refractivity contribution is 0.0110. The molecular weight excluding hydrogens is 351 g/mol. The molecule has 0 bridgehead atoms. The third-order valence-electron chi connectivity index (χ3n) is 5.56. The highest BCUT2D eigenvalue weighted by Gasteiger charge is 2.32. The van der Waals surface area contributed by atoms with Crippen LogP contribution in [0.3, 0.4) is 0 Å². The number of aliphatic hydroxyl groups is 1. The number of halogens is 3. The van der Waals surface area contributed by atoms with E-state index in [9.17, 15) is 18.3 Å². The summed E-state index contributed by atoms with van der Waals surface area (Å²) in [5.74, 6) is -3.04. The number of hydrogen-bond donors (Lipinski definition) is 2. The van der Waals surface area contributed by atoms with Crippen molar-refractivity contribution in [3.63, 3.8) is 0 Å². The second-order valence-electron chi connectivity index (χ2n) is 8.36. The predicted molar refractivity (Wildman–Crippen MR) is 101 cm³/mol. The molecule has 0 heterocycles. The summed E-state index contributed by atoms with van der Waals surface area (Å²) in [5.41, 5.74) is 0.684. The quantitative estimate of drug-likeness (QED) is 0.710. The van der Waals surface area contributed by atoms with E-state index >= 15 is 0 Å². The molecule has 0 atom stereocenters. The van der Waals surface area contributed by atoms with Gasteiger partial charge in [-0.2, -0.15) is 0 Å². The van der Waals surface area contributed by atoms with Crippen LogP contribution in [-0.4, -0.2) is 16.7 Å². The van der Waals surface area contributed by atoms with Gasteiger partial charge in [-0.3, -0.25) is 0 Å². The van der Waals surface area contributed by atoms with Crippen molar-refractivity contribution in [1.29, 1.82) is 0 Å². The second-order valence-corrected chi connectivity index (χ2v) is 8.36. The van der Waals surface area contributed by atoms with Gasteiger partial charge in [0.05, 0.1) is 5.60 Å². The number of benzene rings is 2. The molecule has 1 saturated carbocycles. The second kappa shape index (κ2) is 7.28. The molecule has 0 saturated heterocycles. The van der Waals surface area contributed by atoms with Crippen LogP contribution in [0.25, 0.3) is 11.1 Å². The zero-order valence-electron chi connectivity index (χ0n) is 16.0. The van der Waals surface area contributed by atoms with Gasteiger partial charge in [0.25, 0.3) is 0 Å². The maximum absolute atomic E-state index is 14.0.